The molecule has 11 heteroatoms. The average Bonchev–Trinajstić information content (AvgIpc) is 2.78. The third-order valence-electron chi connectivity index (χ3n) is 4.91. The maximum Gasteiger partial charge on any atom is 0.338 e. The van der Waals surface area contributed by atoms with Crippen LogP contribution in [0.5, 0.6) is 11.5 Å². The number of rotatable bonds is 8. The predicted molar refractivity (Wildman–Crippen MR) is 121 cm³/mol. The SMILES string of the molecule is CCOC(=O)C1=C(CS(=O)(=O)c2ccc(Cl)cc2)NC(=O)N[C@@H]1c1ccc(OC)cc1OC. The Bertz CT molecular complexity index is 1190. The predicted octanol–water partition coefficient (Wildman–Crippen LogP) is 3.00. The lowest BCUT2D eigenvalue weighted by Gasteiger charge is -2.30. The van der Waals surface area contributed by atoms with Gasteiger partial charge in [0, 0.05) is 22.3 Å². The molecule has 2 N–H and O–H groups in total. The van der Waals surface area contributed by atoms with E-state index in [1.165, 1.54) is 38.5 Å². The van der Waals surface area contributed by atoms with Crippen LogP contribution < -0.4 is 20.1 Å². The van der Waals surface area contributed by atoms with Gasteiger partial charge in [0.1, 0.15) is 11.5 Å². The number of esters is 1. The zero-order valence-corrected chi connectivity index (χ0v) is 19.7. The van der Waals surface area contributed by atoms with Crippen molar-refractivity contribution in [2.24, 2.45) is 0 Å². The minimum atomic E-state index is -3.93. The number of halogens is 1. The smallest absolute Gasteiger partial charge is 0.338 e. The van der Waals surface area contributed by atoms with Gasteiger partial charge in [0.25, 0.3) is 0 Å². The van der Waals surface area contributed by atoms with Crippen LogP contribution in [0.2, 0.25) is 5.02 Å². The van der Waals surface area contributed by atoms with Crippen LogP contribution in [0.25, 0.3) is 0 Å². The standard InChI is InChI=1S/C22H23ClN2O7S/c1-4-32-21(26)19-17(12-33(28,29)15-8-5-13(23)6-9-15)24-22(27)25-20(19)16-10-7-14(30-2)11-18(16)31-3/h5-11,20H,4,12H2,1-3H3,(H2,24,25,27)/t20-/m1/s1. The van der Waals surface area contributed by atoms with E-state index >= 15 is 0 Å². The Morgan fingerprint density at radius 1 is 1.09 bits per heavy atom. The van der Waals surface area contributed by atoms with E-state index in [4.69, 9.17) is 25.8 Å². The van der Waals surface area contributed by atoms with Crippen LogP contribution in [0.1, 0.15) is 18.5 Å². The van der Waals surface area contributed by atoms with Crippen molar-refractivity contribution in [3.05, 3.63) is 64.3 Å². The molecule has 1 atom stereocenters. The molecule has 0 fully saturated rings. The number of hydrogen-bond donors (Lipinski definition) is 2. The van der Waals surface area contributed by atoms with Gasteiger partial charge in [-0.25, -0.2) is 18.0 Å². The third kappa shape index (κ3) is 5.40. The first-order valence-corrected chi connectivity index (χ1v) is 11.9. The second-order valence-corrected chi connectivity index (χ2v) is 9.39. The number of carbonyl (C=O) groups is 2. The molecule has 2 aromatic rings. The number of urea groups is 1. The second kappa shape index (κ2) is 10.1. The lowest BCUT2D eigenvalue weighted by atomic mass is 9.94. The summed E-state index contributed by atoms with van der Waals surface area (Å²) in [5.41, 5.74) is 0.296. The van der Waals surface area contributed by atoms with E-state index in [9.17, 15) is 18.0 Å². The van der Waals surface area contributed by atoms with Gasteiger partial charge in [0.15, 0.2) is 9.84 Å². The van der Waals surface area contributed by atoms with E-state index in [1.54, 1.807) is 25.1 Å². The molecule has 0 bridgehead atoms. The summed E-state index contributed by atoms with van der Waals surface area (Å²) in [7, 11) is -1.01. The van der Waals surface area contributed by atoms with Gasteiger partial charge < -0.3 is 24.8 Å². The van der Waals surface area contributed by atoms with Gasteiger partial charge in [-0.15, -0.1) is 0 Å². The number of amides is 2. The van der Waals surface area contributed by atoms with Crippen LogP contribution in [-0.4, -0.2) is 47.0 Å². The molecule has 1 heterocycles. The first kappa shape index (κ1) is 24.4. The largest absolute Gasteiger partial charge is 0.497 e. The number of carbonyl (C=O) groups excluding carboxylic acids is 2. The van der Waals surface area contributed by atoms with Gasteiger partial charge in [0.2, 0.25) is 0 Å². The maximum absolute atomic E-state index is 13.1. The van der Waals surface area contributed by atoms with Crippen molar-refractivity contribution in [2.75, 3.05) is 26.6 Å². The molecule has 0 radical (unpaired) electrons. The summed E-state index contributed by atoms with van der Waals surface area (Å²) in [5.74, 6) is -0.564. The highest BCUT2D eigenvalue weighted by atomic mass is 35.5. The molecule has 2 amide bonds. The Balaban J connectivity index is 2.14. The van der Waals surface area contributed by atoms with E-state index < -0.39 is 33.6 Å². The number of methoxy groups -OCH3 is 2. The Morgan fingerprint density at radius 2 is 1.79 bits per heavy atom. The second-order valence-electron chi connectivity index (χ2n) is 6.97. The molecule has 0 spiro atoms. The van der Waals surface area contributed by atoms with Gasteiger partial charge in [-0.1, -0.05) is 11.6 Å². The number of hydrogen-bond acceptors (Lipinski definition) is 7. The van der Waals surface area contributed by atoms with Crippen molar-refractivity contribution in [1.29, 1.82) is 0 Å². The van der Waals surface area contributed by atoms with Crippen LogP contribution in [0.15, 0.2) is 58.6 Å². The van der Waals surface area contributed by atoms with Crippen molar-refractivity contribution in [3.63, 3.8) is 0 Å². The fraction of sp³-hybridized carbons (Fsp3) is 0.273. The van der Waals surface area contributed by atoms with Gasteiger partial charge in [0.05, 0.1) is 43.1 Å². The average molecular weight is 495 g/mol. The molecular formula is C22H23ClN2O7S. The van der Waals surface area contributed by atoms with Crippen molar-refractivity contribution >= 4 is 33.4 Å². The van der Waals surface area contributed by atoms with Crippen molar-refractivity contribution in [3.8, 4) is 11.5 Å². The quantitative estimate of drug-likeness (QED) is 0.541. The van der Waals surface area contributed by atoms with Crippen LogP contribution in [0, 0.1) is 0 Å². The fourth-order valence-electron chi connectivity index (χ4n) is 3.39. The Hall–Kier alpha value is -3.24. The van der Waals surface area contributed by atoms with E-state index in [-0.39, 0.29) is 22.8 Å². The zero-order chi connectivity index (χ0) is 24.2. The van der Waals surface area contributed by atoms with E-state index in [0.717, 1.165) is 0 Å². The van der Waals surface area contributed by atoms with Gasteiger partial charge in [-0.2, -0.15) is 0 Å². The highest BCUT2D eigenvalue weighted by Gasteiger charge is 2.37. The highest BCUT2D eigenvalue weighted by Crippen LogP contribution is 2.36. The molecule has 1 aliphatic heterocycles. The normalized spacial score (nSPS) is 16.0. The molecule has 0 unspecified atom stereocenters. The summed E-state index contributed by atoms with van der Waals surface area (Å²) >= 11 is 5.86. The summed E-state index contributed by atoms with van der Waals surface area (Å²) in [6.45, 7) is 1.68. The minimum absolute atomic E-state index is 0.00558. The molecule has 9 nitrogen and oxygen atoms in total. The van der Waals surface area contributed by atoms with Crippen LogP contribution in [-0.2, 0) is 19.4 Å². The lowest BCUT2D eigenvalue weighted by molar-refractivity contribution is -0.139. The van der Waals surface area contributed by atoms with Crippen molar-refractivity contribution < 1.29 is 32.2 Å². The minimum Gasteiger partial charge on any atom is -0.497 e. The molecule has 1 aliphatic rings. The monoisotopic (exact) mass is 494 g/mol. The van der Waals surface area contributed by atoms with E-state index in [1.807, 2.05) is 0 Å². The topological polar surface area (TPSA) is 120 Å². The van der Waals surface area contributed by atoms with E-state index in [2.05, 4.69) is 10.6 Å². The fourth-order valence-corrected chi connectivity index (χ4v) is 4.84. The molecule has 3 rings (SSSR count). The molecular weight excluding hydrogens is 472 g/mol. The molecule has 0 saturated carbocycles. The molecule has 2 aromatic carbocycles. The number of nitrogens with one attached hydrogen (secondary N) is 2. The lowest BCUT2D eigenvalue weighted by Crippen LogP contribution is -2.47. The van der Waals surface area contributed by atoms with Gasteiger partial charge >= 0.3 is 12.0 Å². The van der Waals surface area contributed by atoms with E-state index in [0.29, 0.717) is 22.1 Å². The van der Waals surface area contributed by atoms with Gasteiger partial charge in [-0.05, 0) is 43.3 Å². The Labute approximate surface area is 196 Å². The van der Waals surface area contributed by atoms with Gasteiger partial charge in [-0.3, -0.25) is 0 Å². The molecule has 0 saturated heterocycles. The summed E-state index contributed by atoms with van der Waals surface area (Å²) in [6.07, 6.45) is 0. The molecule has 0 aromatic heterocycles. The van der Waals surface area contributed by atoms with Crippen LogP contribution in [0.3, 0.4) is 0 Å². The number of benzene rings is 2. The van der Waals surface area contributed by atoms with Crippen LogP contribution >= 0.6 is 11.6 Å². The Morgan fingerprint density at radius 3 is 2.39 bits per heavy atom. The number of ether oxygens (including phenoxy) is 3. The first-order valence-electron chi connectivity index (χ1n) is 9.88. The summed E-state index contributed by atoms with van der Waals surface area (Å²) in [5, 5.41) is 5.49. The molecule has 33 heavy (non-hydrogen) atoms. The van der Waals surface area contributed by atoms with Crippen LogP contribution in [0.4, 0.5) is 4.79 Å². The third-order valence-corrected chi connectivity index (χ3v) is 6.82. The number of sulfone groups is 1. The first-order chi connectivity index (χ1) is 15.7. The maximum atomic E-state index is 13.1. The highest BCUT2D eigenvalue weighted by molar-refractivity contribution is 7.91. The Kier molecular flexibility index (Phi) is 7.50. The molecule has 0 aliphatic carbocycles. The van der Waals surface area contributed by atoms with Crippen molar-refractivity contribution in [1.82, 2.24) is 10.6 Å². The van der Waals surface area contributed by atoms with Crippen molar-refractivity contribution in [2.45, 2.75) is 17.9 Å². The summed E-state index contributed by atoms with van der Waals surface area (Å²) < 4.78 is 41.9. The summed E-state index contributed by atoms with van der Waals surface area (Å²) in [4.78, 5) is 25.4. The molecule has 176 valence electrons. The summed E-state index contributed by atoms with van der Waals surface area (Å²) in [6, 6.07) is 8.77. The zero-order valence-electron chi connectivity index (χ0n) is 18.2.